The van der Waals surface area contributed by atoms with Gasteiger partial charge in [-0.25, -0.2) is 14.4 Å². The van der Waals surface area contributed by atoms with Crippen molar-refractivity contribution in [1.82, 2.24) is 0 Å². The number of allylic oxidation sites excluding steroid dienone is 1. The summed E-state index contributed by atoms with van der Waals surface area (Å²) in [7, 11) is 0. The third kappa shape index (κ3) is 15.2. The molecule has 4 aliphatic carbocycles. The highest BCUT2D eigenvalue weighted by atomic mass is 16.8. The Morgan fingerprint density at radius 2 is 1.00 bits per heavy atom. The third-order valence-corrected chi connectivity index (χ3v) is 26.0. The first-order valence-corrected chi connectivity index (χ1v) is 37.6. The lowest BCUT2D eigenvalue weighted by molar-refractivity contribution is -0.373. The molecule has 0 aromatic heterocycles. The molecule has 4 saturated heterocycles. The second kappa shape index (κ2) is 31.6. The second-order valence-corrected chi connectivity index (χ2v) is 31.7. The van der Waals surface area contributed by atoms with Crippen molar-refractivity contribution in [1.29, 1.82) is 0 Å². The van der Waals surface area contributed by atoms with E-state index in [1.165, 1.54) is 5.57 Å². The molecule has 29 atom stereocenters. The topological polar surface area (TPSA) is 187 Å². The molecular weight excluding hydrogens is 1240 g/mol. The molecule has 0 bridgehead atoms. The van der Waals surface area contributed by atoms with Crippen LogP contribution in [0.4, 0.5) is 0 Å². The molecule has 7 fully saturated rings. The number of esters is 3. The Balaban J connectivity index is 0.774. The van der Waals surface area contributed by atoms with Crippen LogP contribution in [-0.4, -0.2) is 122 Å². The highest BCUT2D eigenvalue weighted by molar-refractivity contribution is 5.92. The Kier molecular flexibility index (Phi) is 23.9. The summed E-state index contributed by atoms with van der Waals surface area (Å²) >= 11 is 0. The van der Waals surface area contributed by atoms with E-state index in [4.69, 9.17) is 52.1 Å². The maximum atomic E-state index is 14.6. The second-order valence-electron chi connectivity index (χ2n) is 31.7. The van der Waals surface area contributed by atoms with Crippen LogP contribution in [0.2, 0.25) is 0 Å². The van der Waals surface area contributed by atoms with Crippen LogP contribution in [0.1, 0.15) is 212 Å². The lowest BCUT2D eigenvalue weighted by Gasteiger charge is -2.58. The number of fused-ring (bicyclic) bond motifs is 5. The van der Waals surface area contributed by atoms with Crippen molar-refractivity contribution in [3.8, 4) is 0 Å². The summed E-state index contributed by atoms with van der Waals surface area (Å²) in [6.45, 7) is 32.3. The molecule has 98 heavy (non-hydrogen) atoms. The summed E-state index contributed by atoms with van der Waals surface area (Å²) < 4.78 is 74.7. The fraction of sp³-hybridized carbons (Fsp3) is 0.695. The van der Waals surface area contributed by atoms with Gasteiger partial charge in [0.2, 0.25) is 0 Å². The van der Waals surface area contributed by atoms with Gasteiger partial charge in [0.1, 0.15) is 17.7 Å². The van der Waals surface area contributed by atoms with Crippen LogP contribution in [0.3, 0.4) is 0 Å². The normalized spacial score (nSPS) is 40.7. The Morgan fingerprint density at radius 1 is 0.520 bits per heavy atom. The molecule has 16 heteroatoms. The lowest BCUT2D eigenvalue weighted by atomic mass is 9.47. The Labute approximate surface area is 583 Å². The van der Waals surface area contributed by atoms with Gasteiger partial charge in [0.25, 0.3) is 0 Å². The van der Waals surface area contributed by atoms with Crippen LogP contribution in [0.5, 0.6) is 0 Å². The summed E-state index contributed by atoms with van der Waals surface area (Å²) in [5, 5.41) is 0. The van der Waals surface area contributed by atoms with E-state index in [-0.39, 0.29) is 100 Å². The zero-order valence-corrected chi connectivity index (χ0v) is 61.1. The van der Waals surface area contributed by atoms with Gasteiger partial charge in [0, 0.05) is 48.3 Å². The highest BCUT2D eigenvalue weighted by Crippen LogP contribution is 2.67. The number of hydrogen-bond acceptors (Lipinski definition) is 16. The van der Waals surface area contributed by atoms with Crippen LogP contribution >= 0.6 is 0 Å². The molecule has 3 aromatic rings. The molecule has 0 radical (unpaired) electrons. The number of rotatable bonds is 23. The van der Waals surface area contributed by atoms with E-state index in [1.54, 1.807) is 36.4 Å². The number of ketones is 2. The molecule has 8 aliphatic rings. The van der Waals surface area contributed by atoms with E-state index >= 15 is 0 Å². The maximum absolute atomic E-state index is 14.6. The standard InChI is InChI=1S/C82H114O16/c1-16-65-47(6)50(9)70(94-74(85)55-28-22-19-23-29-55)77(91-65)88-44-45(4)34-37-63(83)52(11)68-64(84)43-62-60-36-35-58-42-59(38-40-81(58,14)61(60)39-41-82(62,68)15)90-79-73(98-78-71(49(8)46(5)54(13)89-78)95-75(86)56-30-24-20-25-31-56)53(12)69(67(18-3)93-79)97-80-72(51(10)48(7)66(17-2)92-80)96-76(87)57-32-26-21-27-33-57/h19-33,35,45-54,59-62,65-73,77-80H,16-18,34,36-44H2,1-15H3/t45-,46-,47+,48+,49+,50+,51+,52-,53+,54?,59+,60-,61+,62+,65?,66?,67?,68+,69+,70?,71?,72?,73?,77-,78+,79-,80+,81+,82+/m1/s1. The van der Waals surface area contributed by atoms with Gasteiger partial charge in [-0.1, -0.05) is 163 Å². The number of ether oxygens (including phenoxy) is 11. The molecule has 11 rings (SSSR count). The van der Waals surface area contributed by atoms with Crippen molar-refractivity contribution in [2.24, 2.45) is 87.8 Å². The number of carbonyl (C=O) groups is 5. The first kappa shape index (κ1) is 74.0. The summed E-state index contributed by atoms with van der Waals surface area (Å²) in [5.74, 6) is -1.19. The fourth-order valence-electron chi connectivity index (χ4n) is 19.0. The molecule has 3 saturated carbocycles. The number of benzene rings is 3. The first-order valence-electron chi connectivity index (χ1n) is 37.6. The van der Waals surface area contributed by atoms with E-state index in [2.05, 4.69) is 96.1 Å². The molecule has 4 heterocycles. The van der Waals surface area contributed by atoms with E-state index < -0.39 is 91.5 Å². The van der Waals surface area contributed by atoms with E-state index in [1.807, 2.05) is 68.4 Å². The van der Waals surface area contributed by atoms with Crippen LogP contribution in [0, 0.1) is 87.8 Å². The van der Waals surface area contributed by atoms with E-state index in [9.17, 15) is 24.0 Å². The third-order valence-electron chi connectivity index (χ3n) is 26.0. The van der Waals surface area contributed by atoms with Gasteiger partial charge in [-0.05, 0) is 160 Å². The van der Waals surface area contributed by atoms with Crippen molar-refractivity contribution in [3.63, 3.8) is 0 Å². The van der Waals surface area contributed by atoms with Gasteiger partial charge in [-0.3, -0.25) is 9.59 Å². The Bertz CT molecular complexity index is 3210. The van der Waals surface area contributed by atoms with Crippen LogP contribution in [-0.2, 0) is 61.7 Å². The van der Waals surface area contributed by atoms with Crippen molar-refractivity contribution < 1.29 is 76.1 Å². The van der Waals surface area contributed by atoms with Crippen LogP contribution < -0.4 is 0 Å². The summed E-state index contributed by atoms with van der Waals surface area (Å²) in [6.07, 6.45) is 3.07. The number of hydrogen-bond donors (Lipinski definition) is 0. The SMILES string of the molecule is CCC1O[C@@H](OC[C@H](C)CCC(=O)[C@@H](C)[C@H]2C(=O)C[C@H]3[C@@H]4CC=C5C[C@@H](O[C@@H]6OC(CC)[C@@H](O[C@@H]7OC(CC)[C@@H](C)[C@H](C)C7OC(=O)c7ccccc7)[C@H](C)C6O[C@@H]6OC(C)[C@H](C)[C@H](C)C6OC(=O)c6ccccc6)CC[C@]5(C)[C@H]4CC[C@]23C)C(OC(=O)c2ccccc2)[C@@H](C)[C@@H]1C. The molecule has 0 amide bonds. The fourth-order valence-corrected chi connectivity index (χ4v) is 19.0. The molecule has 3 aromatic carbocycles. The number of carbonyl (C=O) groups excluding carboxylic acids is 5. The molecule has 8 unspecified atom stereocenters. The van der Waals surface area contributed by atoms with Gasteiger partial charge in [0.05, 0.1) is 59.9 Å². The summed E-state index contributed by atoms with van der Waals surface area (Å²) in [6, 6.07) is 27.0. The molecule has 4 aliphatic heterocycles. The number of Topliss-reactive ketones (excluding diaryl/α,β-unsaturated/α-hetero) is 2. The molecule has 538 valence electrons. The van der Waals surface area contributed by atoms with Gasteiger partial charge in [-0.2, -0.15) is 0 Å². The first-order chi connectivity index (χ1) is 46.9. The monoisotopic (exact) mass is 1350 g/mol. The van der Waals surface area contributed by atoms with Crippen LogP contribution in [0.25, 0.3) is 0 Å². The average Bonchev–Trinajstić information content (AvgIpc) is 1.43. The molecular formula is C82H114O16. The molecule has 0 N–H and O–H groups in total. The maximum Gasteiger partial charge on any atom is 0.338 e. The minimum atomic E-state index is -0.984. The van der Waals surface area contributed by atoms with E-state index in [0.29, 0.717) is 67.2 Å². The largest absolute Gasteiger partial charge is 0.453 e. The van der Waals surface area contributed by atoms with Gasteiger partial charge in [-0.15, -0.1) is 0 Å². The Hall–Kier alpha value is -5.17. The molecule has 16 nitrogen and oxygen atoms in total. The highest BCUT2D eigenvalue weighted by Gasteiger charge is 2.63. The average molecular weight is 1360 g/mol. The van der Waals surface area contributed by atoms with E-state index in [0.717, 1.165) is 44.9 Å². The predicted molar refractivity (Wildman–Crippen MR) is 371 cm³/mol. The summed E-state index contributed by atoms with van der Waals surface area (Å²) in [4.78, 5) is 70.2. The van der Waals surface area contributed by atoms with Crippen molar-refractivity contribution >= 4 is 29.5 Å². The van der Waals surface area contributed by atoms with Crippen molar-refractivity contribution in [3.05, 3.63) is 119 Å². The lowest BCUT2D eigenvalue weighted by Crippen LogP contribution is -2.62. The van der Waals surface area contributed by atoms with Gasteiger partial charge in [0.15, 0.2) is 43.5 Å². The predicted octanol–water partition coefficient (Wildman–Crippen LogP) is 15.8. The van der Waals surface area contributed by atoms with Gasteiger partial charge >= 0.3 is 17.9 Å². The quantitative estimate of drug-likeness (QED) is 0.0495. The van der Waals surface area contributed by atoms with Crippen LogP contribution in [0.15, 0.2) is 103 Å². The Morgan fingerprint density at radius 3 is 1.54 bits per heavy atom. The minimum Gasteiger partial charge on any atom is -0.453 e. The van der Waals surface area contributed by atoms with Crippen molar-refractivity contribution in [2.75, 3.05) is 6.61 Å². The smallest absolute Gasteiger partial charge is 0.338 e. The molecule has 0 spiro atoms. The zero-order chi connectivity index (χ0) is 70.1. The zero-order valence-electron chi connectivity index (χ0n) is 61.1. The van der Waals surface area contributed by atoms with Crippen molar-refractivity contribution in [2.45, 2.75) is 267 Å². The van der Waals surface area contributed by atoms with Gasteiger partial charge < -0.3 is 52.1 Å². The summed E-state index contributed by atoms with van der Waals surface area (Å²) in [5.41, 5.74) is 2.35. The minimum absolute atomic E-state index is 0.00598.